The molecule has 2 aromatic carbocycles. The second-order valence-corrected chi connectivity index (χ2v) is 5.74. The van der Waals surface area contributed by atoms with Crippen LogP contribution in [0, 0.1) is 0 Å². The number of carbonyl (C=O) groups is 3. The summed E-state index contributed by atoms with van der Waals surface area (Å²) in [6, 6.07) is 7.51. The zero-order valence-electron chi connectivity index (χ0n) is 11.4. The number of carbonyl (C=O) groups excluding carboxylic acids is 3. The molecule has 0 bridgehead atoms. The number of benzene rings is 2. The summed E-state index contributed by atoms with van der Waals surface area (Å²) in [5, 5.41) is 12.5. The van der Waals surface area contributed by atoms with Crippen LogP contribution in [0.3, 0.4) is 0 Å². The average Bonchev–Trinajstić information content (AvgIpc) is 2.46. The highest BCUT2D eigenvalue weighted by Crippen LogP contribution is 2.39. The standard InChI is InChI=1S/C16H10BrNO4/c1-7(19)18-10-4-2-3-8-12(10)16(22)13-9(17)5-6-11(20)14(13)15(8)21/h2-6,20H,1H3,(H,18,19). The fraction of sp³-hybridized carbons (Fsp3) is 0.0625. The van der Waals surface area contributed by atoms with Gasteiger partial charge in [0.1, 0.15) is 5.75 Å². The SMILES string of the molecule is CC(=O)Nc1cccc2c1C(=O)c1c(Br)ccc(O)c1C2=O. The summed E-state index contributed by atoms with van der Waals surface area (Å²) >= 11 is 3.24. The Morgan fingerprint density at radius 3 is 2.45 bits per heavy atom. The molecule has 22 heavy (non-hydrogen) atoms. The van der Waals surface area contributed by atoms with Crippen LogP contribution in [0.2, 0.25) is 0 Å². The van der Waals surface area contributed by atoms with Crippen molar-refractivity contribution >= 4 is 39.1 Å². The summed E-state index contributed by atoms with van der Waals surface area (Å²) in [6.07, 6.45) is 0. The molecule has 1 aliphatic rings. The van der Waals surface area contributed by atoms with Crippen molar-refractivity contribution in [3.8, 4) is 5.75 Å². The van der Waals surface area contributed by atoms with E-state index in [1.54, 1.807) is 12.1 Å². The third-order valence-electron chi connectivity index (χ3n) is 3.43. The van der Waals surface area contributed by atoms with E-state index in [0.717, 1.165) is 0 Å². The van der Waals surface area contributed by atoms with Gasteiger partial charge < -0.3 is 10.4 Å². The number of hydrogen-bond acceptors (Lipinski definition) is 4. The first-order valence-electron chi connectivity index (χ1n) is 6.43. The minimum absolute atomic E-state index is 0.0214. The van der Waals surface area contributed by atoms with E-state index >= 15 is 0 Å². The summed E-state index contributed by atoms with van der Waals surface area (Å²) in [4.78, 5) is 36.7. The second kappa shape index (κ2) is 5.06. The second-order valence-electron chi connectivity index (χ2n) is 4.88. The van der Waals surface area contributed by atoms with Gasteiger partial charge in [0.05, 0.1) is 22.4 Å². The molecular formula is C16H10BrNO4. The lowest BCUT2D eigenvalue weighted by molar-refractivity contribution is -0.114. The maximum atomic E-state index is 12.8. The number of ketones is 2. The number of amides is 1. The van der Waals surface area contributed by atoms with Crippen LogP contribution in [0.4, 0.5) is 5.69 Å². The lowest BCUT2D eigenvalue weighted by Crippen LogP contribution is -2.24. The van der Waals surface area contributed by atoms with Crippen molar-refractivity contribution in [2.75, 3.05) is 5.32 Å². The fourth-order valence-corrected chi connectivity index (χ4v) is 3.07. The third-order valence-corrected chi connectivity index (χ3v) is 4.09. The van der Waals surface area contributed by atoms with Crippen molar-refractivity contribution in [1.29, 1.82) is 0 Å². The van der Waals surface area contributed by atoms with Gasteiger partial charge in [-0.15, -0.1) is 0 Å². The fourth-order valence-electron chi connectivity index (χ4n) is 2.56. The number of rotatable bonds is 1. The molecule has 0 radical (unpaired) electrons. The van der Waals surface area contributed by atoms with Gasteiger partial charge in [0.2, 0.25) is 5.91 Å². The summed E-state index contributed by atoms with van der Waals surface area (Å²) < 4.78 is 0.418. The number of hydrogen-bond donors (Lipinski definition) is 2. The Bertz CT molecular complexity index is 857. The predicted octanol–water partition coefficient (Wildman–Crippen LogP) is 2.89. The summed E-state index contributed by atoms with van der Waals surface area (Å²) in [7, 11) is 0. The normalized spacial score (nSPS) is 12.6. The molecule has 0 unspecified atom stereocenters. The molecular weight excluding hydrogens is 350 g/mol. The predicted molar refractivity (Wildman–Crippen MR) is 83.4 cm³/mol. The molecule has 1 aliphatic carbocycles. The van der Waals surface area contributed by atoms with Crippen molar-refractivity contribution in [2.45, 2.75) is 6.92 Å². The number of halogens is 1. The molecule has 0 aromatic heterocycles. The first-order valence-corrected chi connectivity index (χ1v) is 7.22. The van der Waals surface area contributed by atoms with E-state index in [9.17, 15) is 19.5 Å². The average molecular weight is 360 g/mol. The Morgan fingerprint density at radius 1 is 1.05 bits per heavy atom. The molecule has 0 spiro atoms. The van der Waals surface area contributed by atoms with Crippen molar-refractivity contribution in [1.82, 2.24) is 0 Å². The molecule has 2 N–H and O–H groups in total. The van der Waals surface area contributed by atoms with E-state index in [0.29, 0.717) is 4.47 Å². The molecule has 0 heterocycles. The van der Waals surface area contributed by atoms with Gasteiger partial charge >= 0.3 is 0 Å². The number of aromatic hydroxyl groups is 1. The molecule has 0 fully saturated rings. The lowest BCUT2D eigenvalue weighted by Gasteiger charge is -2.21. The molecule has 1 amide bonds. The smallest absolute Gasteiger partial charge is 0.221 e. The van der Waals surface area contributed by atoms with Crippen molar-refractivity contribution in [2.24, 2.45) is 0 Å². The highest BCUT2D eigenvalue weighted by molar-refractivity contribution is 9.10. The minimum atomic E-state index is -0.449. The minimum Gasteiger partial charge on any atom is -0.507 e. The molecule has 110 valence electrons. The van der Waals surface area contributed by atoms with Crippen molar-refractivity contribution in [3.63, 3.8) is 0 Å². The van der Waals surface area contributed by atoms with Crippen LogP contribution < -0.4 is 5.32 Å². The van der Waals surface area contributed by atoms with E-state index in [4.69, 9.17) is 0 Å². The molecule has 0 saturated carbocycles. The van der Waals surface area contributed by atoms with Crippen LogP contribution in [0.1, 0.15) is 38.8 Å². The van der Waals surface area contributed by atoms with Gasteiger partial charge in [0, 0.05) is 17.0 Å². The Kier molecular flexibility index (Phi) is 3.33. The Hall–Kier alpha value is -2.47. The quantitative estimate of drug-likeness (QED) is 0.699. The van der Waals surface area contributed by atoms with Crippen LogP contribution in [0.15, 0.2) is 34.8 Å². The number of fused-ring (bicyclic) bond motifs is 2. The topological polar surface area (TPSA) is 83.5 Å². The summed E-state index contributed by atoms with van der Waals surface area (Å²) in [5.74, 6) is -1.45. The molecule has 0 aliphatic heterocycles. The van der Waals surface area contributed by atoms with E-state index < -0.39 is 11.6 Å². The number of anilines is 1. The third kappa shape index (κ3) is 2.03. The molecule has 5 nitrogen and oxygen atoms in total. The van der Waals surface area contributed by atoms with Gasteiger partial charge in [0.25, 0.3) is 0 Å². The maximum absolute atomic E-state index is 12.8. The van der Waals surface area contributed by atoms with Crippen molar-refractivity contribution < 1.29 is 19.5 Å². The van der Waals surface area contributed by atoms with Crippen LogP contribution in [0.25, 0.3) is 0 Å². The highest BCUT2D eigenvalue weighted by Gasteiger charge is 2.35. The Balaban J connectivity index is 2.32. The van der Waals surface area contributed by atoms with Gasteiger partial charge in [0.15, 0.2) is 11.6 Å². The van der Waals surface area contributed by atoms with Crippen LogP contribution >= 0.6 is 15.9 Å². The molecule has 3 rings (SSSR count). The van der Waals surface area contributed by atoms with E-state index in [1.165, 1.54) is 25.1 Å². The van der Waals surface area contributed by atoms with Gasteiger partial charge in [-0.25, -0.2) is 0 Å². The Morgan fingerprint density at radius 2 is 1.77 bits per heavy atom. The molecule has 0 atom stereocenters. The molecule has 0 saturated heterocycles. The van der Waals surface area contributed by atoms with Gasteiger partial charge in [-0.3, -0.25) is 14.4 Å². The maximum Gasteiger partial charge on any atom is 0.221 e. The van der Waals surface area contributed by atoms with E-state index in [1.807, 2.05) is 0 Å². The van der Waals surface area contributed by atoms with Gasteiger partial charge in [-0.05, 0) is 18.2 Å². The zero-order valence-corrected chi connectivity index (χ0v) is 13.0. The number of phenols is 1. The van der Waals surface area contributed by atoms with Crippen molar-refractivity contribution in [3.05, 3.63) is 57.1 Å². The van der Waals surface area contributed by atoms with E-state index in [2.05, 4.69) is 21.2 Å². The largest absolute Gasteiger partial charge is 0.507 e. The van der Waals surface area contributed by atoms with Crippen LogP contribution in [0.5, 0.6) is 5.75 Å². The number of nitrogens with one attached hydrogen (secondary N) is 1. The van der Waals surface area contributed by atoms with Crippen LogP contribution in [-0.4, -0.2) is 22.6 Å². The van der Waals surface area contributed by atoms with E-state index in [-0.39, 0.29) is 39.6 Å². The first-order chi connectivity index (χ1) is 10.4. The summed E-state index contributed by atoms with van der Waals surface area (Å²) in [6.45, 7) is 1.32. The first kappa shape index (κ1) is 14.5. The van der Waals surface area contributed by atoms with Crippen LogP contribution in [-0.2, 0) is 4.79 Å². The van der Waals surface area contributed by atoms with Gasteiger partial charge in [-0.1, -0.05) is 28.1 Å². The monoisotopic (exact) mass is 359 g/mol. The Labute approximate surface area is 134 Å². The highest BCUT2D eigenvalue weighted by atomic mass is 79.9. The molecule has 2 aromatic rings. The number of phenolic OH excluding ortho intramolecular Hbond substituents is 1. The van der Waals surface area contributed by atoms with Gasteiger partial charge in [-0.2, -0.15) is 0 Å². The lowest BCUT2D eigenvalue weighted by atomic mass is 9.82. The molecule has 6 heteroatoms. The summed E-state index contributed by atoms with van der Waals surface area (Å²) in [5.41, 5.74) is 0.671. The zero-order chi connectivity index (χ0) is 16.0.